The van der Waals surface area contributed by atoms with E-state index in [-0.39, 0.29) is 0 Å². The molecule has 1 fully saturated rings. The second-order valence-electron chi connectivity index (χ2n) is 4.22. The Morgan fingerprint density at radius 3 is 3.00 bits per heavy atom. The van der Waals surface area contributed by atoms with Crippen LogP contribution in [0.1, 0.15) is 26.2 Å². The average Bonchev–Trinajstić information content (AvgIpc) is 2.65. The molecule has 0 saturated heterocycles. The third-order valence-electron chi connectivity index (χ3n) is 3.17. The van der Waals surface area contributed by atoms with Crippen LogP contribution in [0.3, 0.4) is 0 Å². The number of aromatic nitrogens is 1. The van der Waals surface area contributed by atoms with Crippen molar-refractivity contribution in [2.75, 3.05) is 12.4 Å². The number of hydrogen-bond donors (Lipinski definition) is 1. The van der Waals surface area contributed by atoms with Gasteiger partial charge < -0.3 is 10.1 Å². The highest BCUT2D eigenvalue weighted by atomic mass is 16.5. The van der Waals surface area contributed by atoms with E-state index in [1.165, 1.54) is 19.3 Å². The summed E-state index contributed by atoms with van der Waals surface area (Å²) in [6.45, 7) is 2.30. The maximum atomic E-state index is 5.22. The minimum Gasteiger partial charge on any atom is -0.480 e. The summed E-state index contributed by atoms with van der Waals surface area (Å²) in [5.74, 6) is 1.44. The molecule has 0 bridgehead atoms. The molecule has 1 saturated carbocycles. The van der Waals surface area contributed by atoms with Crippen LogP contribution in [-0.4, -0.2) is 18.1 Å². The molecule has 82 valence electrons. The molecule has 1 heterocycles. The first-order chi connectivity index (χ1) is 7.31. The molecular formula is C12H18N2O. The maximum Gasteiger partial charge on any atom is 0.237 e. The van der Waals surface area contributed by atoms with Crippen LogP contribution in [0, 0.1) is 5.92 Å². The Morgan fingerprint density at radius 1 is 1.47 bits per heavy atom. The Balaban J connectivity index is 2.09. The number of nitrogens with one attached hydrogen (secondary N) is 1. The molecule has 1 aliphatic rings. The van der Waals surface area contributed by atoms with E-state index < -0.39 is 0 Å². The molecule has 1 aromatic heterocycles. The van der Waals surface area contributed by atoms with Crippen molar-refractivity contribution in [3.05, 3.63) is 18.3 Å². The van der Waals surface area contributed by atoms with Gasteiger partial charge in [-0.25, -0.2) is 4.98 Å². The SMILES string of the molecule is COc1ncccc1N[C@@H]1CCC[C@@H]1C. The van der Waals surface area contributed by atoms with Crippen molar-refractivity contribution in [2.45, 2.75) is 32.2 Å². The zero-order valence-electron chi connectivity index (χ0n) is 9.36. The molecule has 2 rings (SSSR count). The van der Waals surface area contributed by atoms with E-state index in [4.69, 9.17) is 4.74 Å². The molecule has 1 aromatic rings. The predicted molar refractivity (Wildman–Crippen MR) is 61.2 cm³/mol. The highest BCUT2D eigenvalue weighted by molar-refractivity contribution is 5.52. The Bertz CT molecular complexity index is 327. The van der Waals surface area contributed by atoms with Gasteiger partial charge >= 0.3 is 0 Å². The van der Waals surface area contributed by atoms with Gasteiger partial charge in [-0.15, -0.1) is 0 Å². The van der Waals surface area contributed by atoms with E-state index in [1.807, 2.05) is 12.1 Å². The first-order valence-corrected chi connectivity index (χ1v) is 5.57. The normalized spacial score (nSPS) is 25.2. The summed E-state index contributed by atoms with van der Waals surface area (Å²) in [6, 6.07) is 4.53. The molecule has 0 radical (unpaired) electrons. The van der Waals surface area contributed by atoms with Crippen LogP contribution in [-0.2, 0) is 0 Å². The van der Waals surface area contributed by atoms with E-state index >= 15 is 0 Å². The van der Waals surface area contributed by atoms with Crippen LogP contribution >= 0.6 is 0 Å². The van der Waals surface area contributed by atoms with Gasteiger partial charge in [0, 0.05) is 12.2 Å². The smallest absolute Gasteiger partial charge is 0.237 e. The lowest BCUT2D eigenvalue weighted by Gasteiger charge is -2.19. The molecule has 3 heteroatoms. The first-order valence-electron chi connectivity index (χ1n) is 5.57. The number of nitrogens with zero attached hydrogens (tertiary/aromatic N) is 1. The Morgan fingerprint density at radius 2 is 2.33 bits per heavy atom. The standard InChI is InChI=1S/C12H18N2O/c1-9-5-3-6-10(9)14-11-7-4-8-13-12(11)15-2/h4,7-10,14H,3,5-6H2,1-2H3/t9-,10+/m0/s1. The van der Waals surface area contributed by atoms with Gasteiger partial charge in [-0.1, -0.05) is 13.3 Å². The van der Waals surface area contributed by atoms with E-state index in [9.17, 15) is 0 Å². The fourth-order valence-electron chi connectivity index (χ4n) is 2.22. The number of methoxy groups -OCH3 is 1. The zero-order valence-corrected chi connectivity index (χ0v) is 9.36. The van der Waals surface area contributed by atoms with Crippen LogP contribution in [0.25, 0.3) is 0 Å². The molecule has 0 amide bonds. The van der Waals surface area contributed by atoms with E-state index in [0.717, 1.165) is 11.6 Å². The van der Waals surface area contributed by atoms with Crippen molar-refractivity contribution in [1.82, 2.24) is 4.98 Å². The first kappa shape index (κ1) is 10.3. The minimum atomic E-state index is 0.572. The lowest BCUT2D eigenvalue weighted by atomic mass is 10.1. The van der Waals surface area contributed by atoms with Crippen LogP contribution < -0.4 is 10.1 Å². The molecule has 0 aliphatic heterocycles. The number of rotatable bonds is 3. The third kappa shape index (κ3) is 2.22. The topological polar surface area (TPSA) is 34.1 Å². The third-order valence-corrected chi connectivity index (χ3v) is 3.17. The fourth-order valence-corrected chi connectivity index (χ4v) is 2.22. The average molecular weight is 206 g/mol. The van der Waals surface area contributed by atoms with Crippen molar-refractivity contribution in [3.63, 3.8) is 0 Å². The van der Waals surface area contributed by atoms with Gasteiger partial charge in [0.1, 0.15) is 0 Å². The van der Waals surface area contributed by atoms with Crippen molar-refractivity contribution in [1.29, 1.82) is 0 Å². The van der Waals surface area contributed by atoms with Crippen LogP contribution in [0.2, 0.25) is 0 Å². The van der Waals surface area contributed by atoms with Crippen molar-refractivity contribution in [2.24, 2.45) is 5.92 Å². The number of anilines is 1. The quantitative estimate of drug-likeness (QED) is 0.825. The summed E-state index contributed by atoms with van der Waals surface area (Å²) in [5, 5.41) is 3.52. The zero-order chi connectivity index (χ0) is 10.7. The molecular weight excluding hydrogens is 188 g/mol. The summed E-state index contributed by atoms with van der Waals surface area (Å²) in [6.07, 6.45) is 5.64. The van der Waals surface area contributed by atoms with Gasteiger partial charge in [-0.2, -0.15) is 0 Å². The molecule has 0 aromatic carbocycles. The van der Waals surface area contributed by atoms with Crippen LogP contribution in [0.4, 0.5) is 5.69 Å². The molecule has 3 nitrogen and oxygen atoms in total. The lowest BCUT2D eigenvalue weighted by molar-refractivity contribution is 0.398. The van der Waals surface area contributed by atoms with Gasteiger partial charge in [0.25, 0.3) is 0 Å². The molecule has 0 unspecified atom stereocenters. The number of pyridine rings is 1. The van der Waals surface area contributed by atoms with Gasteiger partial charge in [0.2, 0.25) is 5.88 Å². The second kappa shape index (κ2) is 4.51. The van der Waals surface area contributed by atoms with E-state index in [1.54, 1.807) is 13.3 Å². The van der Waals surface area contributed by atoms with Crippen molar-refractivity contribution in [3.8, 4) is 5.88 Å². The molecule has 0 spiro atoms. The number of ether oxygens (including phenoxy) is 1. The van der Waals surface area contributed by atoms with Gasteiger partial charge in [-0.05, 0) is 30.9 Å². The Labute approximate surface area is 90.9 Å². The molecule has 15 heavy (non-hydrogen) atoms. The summed E-state index contributed by atoms with van der Waals surface area (Å²) < 4.78 is 5.22. The highest BCUT2D eigenvalue weighted by Gasteiger charge is 2.23. The molecule has 2 atom stereocenters. The molecule has 1 aliphatic carbocycles. The summed E-state index contributed by atoms with van der Waals surface area (Å²) in [7, 11) is 1.66. The monoisotopic (exact) mass is 206 g/mol. The van der Waals surface area contributed by atoms with Gasteiger partial charge in [0.05, 0.1) is 12.8 Å². The number of hydrogen-bond acceptors (Lipinski definition) is 3. The van der Waals surface area contributed by atoms with Crippen molar-refractivity contribution >= 4 is 5.69 Å². The van der Waals surface area contributed by atoms with E-state index in [2.05, 4.69) is 17.2 Å². The Hall–Kier alpha value is -1.25. The predicted octanol–water partition coefficient (Wildman–Crippen LogP) is 2.69. The second-order valence-corrected chi connectivity index (χ2v) is 4.22. The summed E-state index contributed by atoms with van der Waals surface area (Å²) in [5.41, 5.74) is 1.01. The highest BCUT2D eigenvalue weighted by Crippen LogP contribution is 2.30. The van der Waals surface area contributed by atoms with Gasteiger partial charge in [0.15, 0.2) is 0 Å². The fraction of sp³-hybridized carbons (Fsp3) is 0.583. The molecule has 1 N–H and O–H groups in total. The van der Waals surface area contributed by atoms with Gasteiger partial charge in [-0.3, -0.25) is 0 Å². The van der Waals surface area contributed by atoms with E-state index in [0.29, 0.717) is 11.9 Å². The minimum absolute atomic E-state index is 0.572. The summed E-state index contributed by atoms with van der Waals surface area (Å²) in [4.78, 5) is 4.18. The summed E-state index contributed by atoms with van der Waals surface area (Å²) >= 11 is 0. The van der Waals surface area contributed by atoms with Crippen LogP contribution in [0.15, 0.2) is 18.3 Å². The largest absolute Gasteiger partial charge is 0.480 e. The van der Waals surface area contributed by atoms with Crippen LogP contribution in [0.5, 0.6) is 5.88 Å². The van der Waals surface area contributed by atoms with Crippen molar-refractivity contribution < 1.29 is 4.74 Å². The lowest BCUT2D eigenvalue weighted by Crippen LogP contribution is -2.22. The Kier molecular flexibility index (Phi) is 3.09. The maximum absolute atomic E-state index is 5.22.